The molecule has 106 valence electrons. The lowest BCUT2D eigenvalue weighted by Gasteiger charge is -2.01. The van der Waals surface area contributed by atoms with Gasteiger partial charge in [0.2, 0.25) is 0 Å². The van der Waals surface area contributed by atoms with Crippen molar-refractivity contribution in [1.82, 2.24) is 10.4 Å². The van der Waals surface area contributed by atoms with Gasteiger partial charge in [0.05, 0.1) is 18.9 Å². The predicted octanol–water partition coefficient (Wildman–Crippen LogP) is 2.48. The van der Waals surface area contributed by atoms with Gasteiger partial charge in [-0.2, -0.15) is 5.10 Å². The Morgan fingerprint density at radius 3 is 2.71 bits per heavy atom. The summed E-state index contributed by atoms with van der Waals surface area (Å²) in [5, 5.41) is 3.87. The molecular weight excluding hydrogens is 266 g/mol. The number of nitrogens with one attached hydrogen (secondary N) is 1. The summed E-state index contributed by atoms with van der Waals surface area (Å²) in [6.45, 7) is 0. The summed E-state index contributed by atoms with van der Waals surface area (Å²) in [7, 11) is 1.55. The summed E-state index contributed by atoms with van der Waals surface area (Å²) in [5.74, 6) is 0.210. The summed E-state index contributed by atoms with van der Waals surface area (Å²) < 4.78 is 5.19. The van der Waals surface area contributed by atoms with E-state index in [-0.39, 0.29) is 5.91 Å². The first-order chi connectivity index (χ1) is 10.3. The summed E-state index contributed by atoms with van der Waals surface area (Å²) in [6, 6.07) is 13.0. The van der Waals surface area contributed by atoms with Crippen molar-refractivity contribution in [3.63, 3.8) is 0 Å². The quantitative estimate of drug-likeness (QED) is 0.520. The number of hydrogen-bond acceptors (Lipinski definition) is 4. The Labute approximate surface area is 123 Å². The van der Waals surface area contributed by atoms with Crippen molar-refractivity contribution < 1.29 is 9.53 Å². The summed E-state index contributed by atoms with van der Waals surface area (Å²) in [5.41, 5.74) is 3.85. The Morgan fingerprint density at radius 1 is 1.24 bits per heavy atom. The van der Waals surface area contributed by atoms with Gasteiger partial charge in [0.15, 0.2) is 0 Å². The minimum Gasteiger partial charge on any atom is -0.495 e. The maximum Gasteiger partial charge on any atom is 0.272 e. The molecule has 1 amide bonds. The van der Waals surface area contributed by atoms with Crippen molar-refractivity contribution in [2.24, 2.45) is 5.10 Å². The van der Waals surface area contributed by atoms with Crippen molar-refractivity contribution in [1.29, 1.82) is 0 Å². The van der Waals surface area contributed by atoms with Crippen molar-refractivity contribution in [3.8, 4) is 0 Å². The number of allylic oxidation sites excluding steroid dienone is 1. The third-order valence-corrected chi connectivity index (χ3v) is 2.63. The first-order valence-corrected chi connectivity index (χ1v) is 6.34. The number of pyridine rings is 1. The van der Waals surface area contributed by atoms with Crippen LogP contribution in [-0.4, -0.2) is 24.2 Å². The lowest BCUT2D eigenvalue weighted by Crippen LogP contribution is -2.17. The highest BCUT2D eigenvalue weighted by atomic mass is 16.5. The van der Waals surface area contributed by atoms with E-state index in [4.69, 9.17) is 4.74 Å². The van der Waals surface area contributed by atoms with E-state index in [1.54, 1.807) is 25.4 Å². The average molecular weight is 281 g/mol. The maximum atomic E-state index is 11.7. The fraction of sp³-hybridized carbons (Fsp3) is 0.0625. The second kappa shape index (κ2) is 7.59. The number of hydrazone groups is 1. The molecule has 0 saturated carbocycles. The fourth-order valence-corrected chi connectivity index (χ4v) is 1.58. The average Bonchev–Trinajstić information content (AvgIpc) is 2.55. The van der Waals surface area contributed by atoms with Gasteiger partial charge in [-0.05, 0) is 23.8 Å². The number of benzene rings is 1. The van der Waals surface area contributed by atoms with Crippen molar-refractivity contribution in [3.05, 3.63) is 71.7 Å². The Balaban J connectivity index is 1.99. The molecule has 0 atom stereocenters. The van der Waals surface area contributed by atoms with Gasteiger partial charge in [-0.1, -0.05) is 30.3 Å². The molecule has 0 aliphatic carbocycles. The second-order valence-corrected chi connectivity index (χ2v) is 4.10. The molecule has 0 spiro atoms. The summed E-state index contributed by atoms with van der Waals surface area (Å²) in [4.78, 5) is 15.6. The minimum atomic E-state index is -0.325. The standard InChI is InChI=1S/C16H15N3O2/c1-21-15(10-13-6-3-2-4-7-13)12-18-19-16(20)14-8-5-9-17-11-14/h2-12H,1H3,(H,19,20). The van der Waals surface area contributed by atoms with Gasteiger partial charge in [-0.25, -0.2) is 5.43 Å². The van der Waals surface area contributed by atoms with Gasteiger partial charge in [-0.3, -0.25) is 9.78 Å². The molecular formula is C16H15N3O2. The molecule has 0 radical (unpaired) electrons. The lowest BCUT2D eigenvalue weighted by molar-refractivity contribution is 0.0954. The van der Waals surface area contributed by atoms with Crippen molar-refractivity contribution >= 4 is 18.2 Å². The van der Waals surface area contributed by atoms with Gasteiger partial charge in [0, 0.05) is 12.4 Å². The Morgan fingerprint density at radius 2 is 2.05 bits per heavy atom. The largest absolute Gasteiger partial charge is 0.495 e. The second-order valence-electron chi connectivity index (χ2n) is 4.10. The van der Waals surface area contributed by atoms with Gasteiger partial charge >= 0.3 is 0 Å². The van der Waals surface area contributed by atoms with E-state index >= 15 is 0 Å². The third kappa shape index (κ3) is 4.58. The zero-order valence-corrected chi connectivity index (χ0v) is 11.6. The number of aromatic nitrogens is 1. The Hall–Kier alpha value is -2.95. The van der Waals surface area contributed by atoms with Gasteiger partial charge < -0.3 is 4.74 Å². The van der Waals surface area contributed by atoms with Crippen LogP contribution < -0.4 is 5.43 Å². The maximum absolute atomic E-state index is 11.7. The van der Waals surface area contributed by atoms with E-state index < -0.39 is 0 Å². The molecule has 21 heavy (non-hydrogen) atoms. The van der Waals surface area contributed by atoms with Gasteiger partial charge in [0.25, 0.3) is 5.91 Å². The van der Waals surface area contributed by atoms with Crippen LogP contribution in [0.2, 0.25) is 0 Å². The molecule has 0 bridgehead atoms. The number of amides is 1. The summed E-state index contributed by atoms with van der Waals surface area (Å²) in [6.07, 6.45) is 6.34. The van der Waals surface area contributed by atoms with Crippen LogP contribution in [0.4, 0.5) is 0 Å². The highest BCUT2D eigenvalue weighted by Gasteiger charge is 2.02. The van der Waals surface area contributed by atoms with Crippen LogP contribution in [0.5, 0.6) is 0 Å². The Kier molecular flexibility index (Phi) is 5.23. The number of methoxy groups -OCH3 is 1. The number of ether oxygens (including phenoxy) is 1. The van der Waals surface area contributed by atoms with Crippen LogP contribution in [0, 0.1) is 0 Å². The van der Waals surface area contributed by atoms with E-state index in [1.165, 1.54) is 12.4 Å². The van der Waals surface area contributed by atoms with Crippen LogP contribution in [-0.2, 0) is 4.74 Å². The van der Waals surface area contributed by atoms with E-state index in [0.717, 1.165) is 5.56 Å². The van der Waals surface area contributed by atoms with E-state index in [0.29, 0.717) is 11.3 Å². The normalized spacial score (nSPS) is 11.4. The molecule has 1 heterocycles. The predicted molar refractivity (Wildman–Crippen MR) is 81.6 cm³/mol. The monoisotopic (exact) mass is 281 g/mol. The van der Waals surface area contributed by atoms with E-state index in [9.17, 15) is 4.79 Å². The van der Waals surface area contributed by atoms with E-state index in [2.05, 4.69) is 15.5 Å². The number of nitrogens with zero attached hydrogens (tertiary/aromatic N) is 2. The van der Waals surface area contributed by atoms with Crippen molar-refractivity contribution in [2.75, 3.05) is 7.11 Å². The fourth-order valence-electron chi connectivity index (χ4n) is 1.58. The highest BCUT2D eigenvalue weighted by molar-refractivity contribution is 5.94. The number of hydrogen-bond donors (Lipinski definition) is 1. The molecule has 0 fully saturated rings. The summed E-state index contributed by atoms with van der Waals surface area (Å²) >= 11 is 0. The van der Waals surface area contributed by atoms with Crippen molar-refractivity contribution in [2.45, 2.75) is 0 Å². The van der Waals surface area contributed by atoms with Gasteiger partial charge in [-0.15, -0.1) is 0 Å². The molecule has 5 heteroatoms. The molecule has 2 aromatic rings. The molecule has 1 aromatic heterocycles. The Bertz CT molecular complexity index is 637. The van der Waals surface area contributed by atoms with Gasteiger partial charge in [0.1, 0.15) is 5.76 Å². The molecule has 0 saturated heterocycles. The molecule has 0 aliphatic rings. The first-order valence-electron chi connectivity index (χ1n) is 6.34. The number of carbonyl (C=O) groups is 1. The number of carbonyl (C=O) groups excluding carboxylic acids is 1. The van der Waals surface area contributed by atoms with Crippen LogP contribution in [0.25, 0.3) is 6.08 Å². The lowest BCUT2D eigenvalue weighted by atomic mass is 10.2. The molecule has 2 rings (SSSR count). The zero-order valence-electron chi connectivity index (χ0n) is 11.6. The third-order valence-electron chi connectivity index (χ3n) is 2.63. The van der Waals surface area contributed by atoms with Crippen LogP contribution in [0.15, 0.2) is 65.7 Å². The molecule has 0 unspecified atom stereocenters. The minimum absolute atomic E-state index is 0.325. The SMILES string of the molecule is COC(C=NNC(=O)c1cccnc1)=Cc1ccccc1. The highest BCUT2D eigenvalue weighted by Crippen LogP contribution is 2.05. The topological polar surface area (TPSA) is 63.6 Å². The number of rotatable bonds is 5. The molecule has 1 aromatic carbocycles. The van der Waals surface area contributed by atoms with Crippen LogP contribution in [0.1, 0.15) is 15.9 Å². The first kappa shape index (κ1) is 14.5. The zero-order chi connectivity index (χ0) is 14.9. The molecule has 1 N–H and O–H groups in total. The van der Waals surface area contributed by atoms with Crippen LogP contribution >= 0.6 is 0 Å². The van der Waals surface area contributed by atoms with E-state index in [1.807, 2.05) is 36.4 Å². The molecule has 5 nitrogen and oxygen atoms in total. The smallest absolute Gasteiger partial charge is 0.272 e. The van der Waals surface area contributed by atoms with Crippen LogP contribution in [0.3, 0.4) is 0 Å². The molecule has 0 aliphatic heterocycles.